The fourth-order valence-corrected chi connectivity index (χ4v) is 1.94. The van der Waals surface area contributed by atoms with E-state index in [1.165, 1.54) is 6.92 Å². The zero-order valence-corrected chi connectivity index (χ0v) is 14.2. The molecule has 0 aliphatic carbocycles. The molecule has 0 rings (SSSR count). The SMILES string of the molecule is CCCCCCC(=O)OC(OC(=O)CCCCCC)C(C)=O. The zero-order chi connectivity index (χ0) is 16.8. The summed E-state index contributed by atoms with van der Waals surface area (Å²) in [6.07, 6.45) is 6.76. The Hall–Kier alpha value is -1.39. The van der Waals surface area contributed by atoms with E-state index in [9.17, 15) is 14.4 Å². The largest absolute Gasteiger partial charge is 0.417 e. The van der Waals surface area contributed by atoms with E-state index < -0.39 is 24.0 Å². The second-order valence-electron chi connectivity index (χ2n) is 5.54. The van der Waals surface area contributed by atoms with Gasteiger partial charge in [0.25, 0.3) is 0 Å². The summed E-state index contributed by atoms with van der Waals surface area (Å²) in [5, 5.41) is 0. The first-order valence-electron chi connectivity index (χ1n) is 8.40. The Morgan fingerprint density at radius 1 is 0.727 bits per heavy atom. The Kier molecular flexibility index (Phi) is 12.4. The highest BCUT2D eigenvalue weighted by Gasteiger charge is 2.23. The highest BCUT2D eigenvalue weighted by atomic mass is 16.7. The minimum atomic E-state index is -1.39. The van der Waals surface area contributed by atoms with Crippen LogP contribution in [0, 0.1) is 0 Å². The van der Waals surface area contributed by atoms with Gasteiger partial charge in [-0.3, -0.25) is 14.4 Å². The lowest BCUT2D eigenvalue weighted by atomic mass is 10.1. The van der Waals surface area contributed by atoms with Crippen LogP contribution in [0.15, 0.2) is 0 Å². The Morgan fingerprint density at radius 3 is 1.45 bits per heavy atom. The molecule has 0 saturated heterocycles. The predicted molar refractivity (Wildman–Crippen MR) is 84.2 cm³/mol. The number of Topliss-reactive ketones (excluding diaryl/α,β-unsaturated/α-hetero) is 1. The molecular formula is C17H30O5. The number of rotatable bonds is 13. The topological polar surface area (TPSA) is 69.7 Å². The van der Waals surface area contributed by atoms with Gasteiger partial charge in [0.2, 0.25) is 5.78 Å². The normalized spacial score (nSPS) is 10.5. The van der Waals surface area contributed by atoms with E-state index in [2.05, 4.69) is 13.8 Å². The molecular weight excluding hydrogens is 284 g/mol. The molecule has 0 amide bonds. The molecule has 0 N–H and O–H groups in total. The summed E-state index contributed by atoms with van der Waals surface area (Å²) >= 11 is 0. The van der Waals surface area contributed by atoms with Crippen LogP contribution in [0.5, 0.6) is 0 Å². The second kappa shape index (κ2) is 13.3. The number of unbranched alkanes of at least 4 members (excludes halogenated alkanes) is 6. The lowest BCUT2D eigenvalue weighted by molar-refractivity contribution is -0.191. The van der Waals surface area contributed by atoms with Gasteiger partial charge in [0.15, 0.2) is 0 Å². The third-order valence-corrected chi connectivity index (χ3v) is 3.28. The molecule has 5 heteroatoms. The summed E-state index contributed by atoms with van der Waals surface area (Å²) in [6.45, 7) is 5.42. The number of carbonyl (C=O) groups excluding carboxylic acids is 3. The van der Waals surface area contributed by atoms with E-state index >= 15 is 0 Å². The van der Waals surface area contributed by atoms with E-state index in [1.54, 1.807) is 0 Å². The number of ether oxygens (including phenoxy) is 2. The fourth-order valence-electron chi connectivity index (χ4n) is 1.94. The molecule has 0 spiro atoms. The van der Waals surface area contributed by atoms with Gasteiger partial charge < -0.3 is 9.47 Å². The summed E-state index contributed by atoms with van der Waals surface area (Å²) in [5.74, 6) is -1.45. The van der Waals surface area contributed by atoms with Crippen molar-refractivity contribution in [2.75, 3.05) is 0 Å². The van der Waals surface area contributed by atoms with E-state index in [4.69, 9.17) is 9.47 Å². The van der Waals surface area contributed by atoms with Crippen molar-refractivity contribution in [2.45, 2.75) is 91.3 Å². The average Bonchev–Trinajstić information content (AvgIpc) is 2.47. The van der Waals surface area contributed by atoms with Crippen molar-refractivity contribution < 1.29 is 23.9 Å². The summed E-state index contributed by atoms with van der Waals surface area (Å²) in [5.41, 5.74) is 0. The fraction of sp³-hybridized carbons (Fsp3) is 0.824. The lowest BCUT2D eigenvalue weighted by Crippen LogP contribution is -2.30. The molecule has 0 aliphatic heterocycles. The number of hydrogen-bond acceptors (Lipinski definition) is 5. The molecule has 0 aliphatic rings. The summed E-state index contributed by atoms with van der Waals surface area (Å²) in [6, 6.07) is 0. The minimum Gasteiger partial charge on any atom is -0.417 e. The molecule has 0 atom stereocenters. The molecule has 0 fully saturated rings. The molecule has 0 unspecified atom stereocenters. The molecule has 0 radical (unpaired) electrons. The summed E-state index contributed by atoms with van der Waals surface area (Å²) < 4.78 is 9.92. The van der Waals surface area contributed by atoms with E-state index in [-0.39, 0.29) is 12.8 Å². The number of hydrogen-bond donors (Lipinski definition) is 0. The van der Waals surface area contributed by atoms with Crippen molar-refractivity contribution in [3.8, 4) is 0 Å². The van der Waals surface area contributed by atoms with Crippen LogP contribution in [0.1, 0.15) is 85.0 Å². The van der Waals surface area contributed by atoms with Gasteiger partial charge in [0.05, 0.1) is 0 Å². The van der Waals surface area contributed by atoms with Crippen LogP contribution < -0.4 is 0 Å². The number of ketones is 1. The molecule has 128 valence electrons. The van der Waals surface area contributed by atoms with Crippen molar-refractivity contribution in [2.24, 2.45) is 0 Å². The molecule has 0 aromatic carbocycles. The Morgan fingerprint density at radius 2 is 1.14 bits per heavy atom. The maximum atomic E-state index is 11.6. The van der Waals surface area contributed by atoms with Gasteiger partial charge in [-0.1, -0.05) is 52.4 Å². The van der Waals surface area contributed by atoms with E-state index in [0.717, 1.165) is 51.4 Å². The maximum Gasteiger partial charge on any atom is 0.309 e. The van der Waals surface area contributed by atoms with Crippen LogP contribution in [-0.4, -0.2) is 24.0 Å². The van der Waals surface area contributed by atoms with Gasteiger partial charge in [-0.15, -0.1) is 0 Å². The molecule has 0 aromatic heterocycles. The average molecular weight is 314 g/mol. The van der Waals surface area contributed by atoms with Gasteiger partial charge in [-0.2, -0.15) is 0 Å². The quantitative estimate of drug-likeness (QED) is 0.293. The standard InChI is InChI=1S/C17H30O5/c1-4-6-8-10-12-15(19)21-17(14(3)18)22-16(20)13-11-9-7-5-2/h17H,4-13H2,1-3H3. The van der Waals surface area contributed by atoms with Crippen LogP contribution in [0.3, 0.4) is 0 Å². The zero-order valence-electron chi connectivity index (χ0n) is 14.2. The minimum absolute atomic E-state index is 0.248. The molecule has 0 aromatic rings. The van der Waals surface area contributed by atoms with Gasteiger partial charge >= 0.3 is 18.2 Å². The van der Waals surface area contributed by atoms with Gasteiger partial charge in [0.1, 0.15) is 0 Å². The molecule has 0 saturated carbocycles. The second-order valence-corrected chi connectivity index (χ2v) is 5.54. The summed E-state index contributed by atoms with van der Waals surface area (Å²) in [4.78, 5) is 34.7. The predicted octanol–water partition coefficient (Wildman–Crippen LogP) is 3.93. The first kappa shape index (κ1) is 20.6. The van der Waals surface area contributed by atoms with E-state index in [0.29, 0.717) is 0 Å². The van der Waals surface area contributed by atoms with Crippen molar-refractivity contribution in [3.05, 3.63) is 0 Å². The van der Waals surface area contributed by atoms with Gasteiger partial charge in [0, 0.05) is 19.8 Å². The van der Waals surface area contributed by atoms with Crippen molar-refractivity contribution >= 4 is 17.7 Å². The molecule has 5 nitrogen and oxygen atoms in total. The molecule has 0 bridgehead atoms. The lowest BCUT2D eigenvalue weighted by Gasteiger charge is -2.15. The first-order chi connectivity index (χ1) is 10.5. The van der Waals surface area contributed by atoms with Crippen molar-refractivity contribution in [1.29, 1.82) is 0 Å². The Labute approximate surface area is 133 Å². The number of esters is 2. The van der Waals surface area contributed by atoms with Crippen LogP contribution >= 0.6 is 0 Å². The van der Waals surface area contributed by atoms with Crippen LogP contribution in [0.2, 0.25) is 0 Å². The van der Waals surface area contributed by atoms with Crippen LogP contribution in [0.4, 0.5) is 0 Å². The van der Waals surface area contributed by atoms with Gasteiger partial charge in [-0.05, 0) is 12.8 Å². The highest BCUT2D eigenvalue weighted by Crippen LogP contribution is 2.09. The smallest absolute Gasteiger partial charge is 0.309 e. The third kappa shape index (κ3) is 11.3. The van der Waals surface area contributed by atoms with Crippen molar-refractivity contribution in [1.82, 2.24) is 0 Å². The highest BCUT2D eigenvalue weighted by molar-refractivity contribution is 5.84. The first-order valence-corrected chi connectivity index (χ1v) is 8.40. The van der Waals surface area contributed by atoms with Crippen molar-refractivity contribution in [3.63, 3.8) is 0 Å². The third-order valence-electron chi connectivity index (χ3n) is 3.28. The number of carbonyl (C=O) groups is 3. The molecule has 0 heterocycles. The van der Waals surface area contributed by atoms with Gasteiger partial charge in [-0.25, -0.2) is 0 Å². The van der Waals surface area contributed by atoms with Crippen LogP contribution in [0.25, 0.3) is 0 Å². The monoisotopic (exact) mass is 314 g/mol. The van der Waals surface area contributed by atoms with E-state index in [1.807, 2.05) is 0 Å². The summed E-state index contributed by atoms with van der Waals surface area (Å²) in [7, 11) is 0. The Bertz CT molecular complexity index is 312. The van der Waals surface area contributed by atoms with Crippen LogP contribution in [-0.2, 0) is 23.9 Å². The molecule has 22 heavy (non-hydrogen) atoms. The maximum absolute atomic E-state index is 11.6. The Balaban J connectivity index is 4.06.